The van der Waals surface area contributed by atoms with Crippen LogP contribution >= 0.6 is 0 Å². The number of rotatable bonds is 1. The molecule has 0 bridgehead atoms. The molecule has 1 atom stereocenters. The molecule has 0 saturated carbocycles. The van der Waals surface area contributed by atoms with Gasteiger partial charge in [-0.2, -0.15) is 0 Å². The highest BCUT2D eigenvalue weighted by molar-refractivity contribution is 6.01. The van der Waals surface area contributed by atoms with Gasteiger partial charge in [0.25, 0.3) is 5.91 Å². The number of hydrogen-bond donors (Lipinski definition) is 3. The Morgan fingerprint density at radius 3 is 2.71 bits per heavy atom. The van der Waals surface area contributed by atoms with Crippen molar-refractivity contribution in [3.05, 3.63) is 35.4 Å². The molecule has 0 saturated heterocycles. The number of nitrogens with one attached hydrogen (secondary N) is 2. The van der Waals surface area contributed by atoms with Gasteiger partial charge in [0, 0.05) is 18.1 Å². The lowest BCUT2D eigenvalue weighted by molar-refractivity contribution is -0.127. The summed E-state index contributed by atoms with van der Waals surface area (Å²) in [5, 5.41) is 10.0. The quantitative estimate of drug-likeness (QED) is 0.475. The summed E-state index contributed by atoms with van der Waals surface area (Å²) >= 11 is 0. The van der Waals surface area contributed by atoms with Crippen molar-refractivity contribution in [3.8, 4) is 0 Å². The second-order valence-corrected chi connectivity index (χ2v) is 3.74. The lowest BCUT2D eigenvalue weighted by Crippen LogP contribution is -2.46. The largest absolute Gasteiger partial charge is 0.370 e. The van der Waals surface area contributed by atoms with Gasteiger partial charge < -0.3 is 11.1 Å². The molecule has 0 radical (unpaired) electrons. The van der Waals surface area contributed by atoms with Gasteiger partial charge in [0.1, 0.15) is 6.17 Å². The molecule has 2 rings (SSSR count). The second kappa shape index (κ2) is 3.89. The van der Waals surface area contributed by atoms with E-state index < -0.39 is 6.17 Å². The van der Waals surface area contributed by atoms with E-state index in [1.54, 1.807) is 24.3 Å². The van der Waals surface area contributed by atoms with Crippen LogP contribution in [0.1, 0.15) is 29.0 Å². The minimum Gasteiger partial charge on any atom is -0.370 e. The highest BCUT2D eigenvalue weighted by Gasteiger charge is 2.35. The molecule has 88 valence electrons. The molecule has 1 heterocycles. The van der Waals surface area contributed by atoms with Gasteiger partial charge >= 0.3 is 0 Å². The highest BCUT2D eigenvalue weighted by Crippen LogP contribution is 2.27. The van der Waals surface area contributed by atoms with Gasteiger partial charge in [-0.3, -0.25) is 19.9 Å². The number of hydrogen-bond acceptors (Lipinski definition) is 3. The predicted molar refractivity (Wildman–Crippen MR) is 61.1 cm³/mol. The second-order valence-electron chi connectivity index (χ2n) is 3.74. The average Bonchev–Trinajstić information content (AvgIpc) is 2.56. The molecule has 1 aromatic carbocycles. The van der Waals surface area contributed by atoms with Crippen LogP contribution in [0.15, 0.2) is 24.3 Å². The summed E-state index contributed by atoms with van der Waals surface area (Å²) in [7, 11) is 0. The van der Waals surface area contributed by atoms with Crippen LogP contribution in [0, 0.1) is 5.41 Å². The number of nitrogens with two attached hydrogens (primary N) is 1. The molecule has 1 unspecified atom stereocenters. The Hall–Kier alpha value is -2.37. The molecule has 0 aromatic heterocycles. The van der Waals surface area contributed by atoms with Gasteiger partial charge in [-0.05, 0) is 6.07 Å². The molecule has 1 aromatic rings. The molecule has 1 aliphatic heterocycles. The van der Waals surface area contributed by atoms with E-state index >= 15 is 0 Å². The normalized spacial score (nSPS) is 17.2. The van der Waals surface area contributed by atoms with Gasteiger partial charge in [-0.15, -0.1) is 0 Å². The third-order valence-electron chi connectivity index (χ3n) is 2.62. The van der Waals surface area contributed by atoms with E-state index in [4.69, 9.17) is 11.1 Å². The summed E-state index contributed by atoms with van der Waals surface area (Å²) in [5.41, 5.74) is 6.52. The van der Waals surface area contributed by atoms with Gasteiger partial charge in [-0.1, -0.05) is 18.2 Å². The Labute approximate surface area is 97.9 Å². The molecular formula is C11H12N4O2. The Balaban J connectivity index is 2.46. The van der Waals surface area contributed by atoms with Crippen LogP contribution < -0.4 is 11.1 Å². The maximum Gasteiger partial charge on any atom is 0.253 e. The first-order valence-corrected chi connectivity index (χ1v) is 5.06. The Bertz CT molecular complexity index is 498. The number of carbonyl (C=O) groups excluding carboxylic acids is 2. The number of amides is 2. The fourth-order valence-corrected chi connectivity index (χ4v) is 1.92. The lowest BCUT2D eigenvalue weighted by Gasteiger charge is -2.26. The summed E-state index contributed by atoms with van der Waals surface area (Å²) in [6, 6.07) is 6.91. The van der Waals surface area contributed by atoms with E-state index in [-0.39, 0.29) is 17.8 Å². The molecule has 0 aliphatic carbocycles. The Morgan fingerprint density at radius 1 is 1.47 bits per heavy atom. The summed E-state index contributed by atoms with van der Waals surface area (Å²) < 4.78 is 0. The Morgan fingerprint density at radius 2 is 2.12 bits per heavy atom. The third kappa shape index (κ3) is 1.73. The van der Waals surface area contributed by atoms with Crippen LogP contribution in [-0.4, -0.2) is 22.7 Å². The van der Waals surface area contributed by atoms with Gasteiger partial charge in [-0.25, -0.2) is 0 Å². The van der Waals surface area contributed by atoms with E-state index in [2.05, 4.69) is 5.32 Å². The van der Waals surface area contributed by atoms with Crippen molar-refractivity contribution in [2.45, 2.75) is 13.1 Å². The van der Waals surface area contributed by atoms with Gasteiger partial charge in [0.15, 0.2) is 5.96 Å². The number of fused-ring (bicyclic) bond motifs is 1. The maximum atomic E-state index is 11.7. The van der Waals surface area contributed by atoms with Crippen molar-refractivity contribution in [1.82, 2.24) is 10.2 Å². The fraction of sp³-hybridized carbons (Fsp3) is 0.182. The molecule has 6 heteroatoms. The van der Waals surface area contributed by atoms with Crippen LogP contribution in [0.25, 0.3) is 0 Å². The van der Waals surface area contributed by atoms with E-state index in [0.29, 0.717) is 11.1 Å². The number of benzene rings is 1. The van der Waals surface area contributed by atoms with Crippen LogP contribution in [0.4, 0.5) is 0 Å². The monoisotopic (exact) mass is 232 g/mol. The van der Waals surface area contributed by atoms with E-state index in [1.807, 2.05) is 0 Å². The number of carbonyl (C=O) groups is 2. The summed E-state index contributed by atoms with van der Waals surface area (Å²) in [6.45, 7) is 1.30. The molecule has 0 fully saturated rings. The molecule has 2 amide bonds. The predicted octanol–water partition coefficient (Wildman–Crippen LogP) is 0.171. The zero-order valence-electron chi connectivity index (χ0n) is 9.23. The first-order chi connectivity index (χ1) is 8.02. The molecule has 1 aliphatic rings. The Kier molecular flexibility index (Phi) is 2.55. The molecule has 6 nitrogen and oxygen atoms in total. The van der Waals surface area contributed by atoms with E-state index in [1.165, 1.54) is 6.92 Å². The summed E-state index contributed by atoms with van der Waals surface area (Å²) in [4.78, 5) is 24.2. The van der Waals surface area contributed by atoms with Crippen molar-refractivity contribution < 1.29 is 9.59 Å². The SMILES string of the molecule is CC(=O)N(C(=N)N)C1NC(=O)c2ccccc21. The van der Waals surface area contributed by atoms with Crippen molar-refractivity contribution in [1.29, 1.82) is 5.41 Å². The molecule has 4 N–H and O–H groups in total. The molecular weight excluding hydrogens is 220 g/mol. The van der Waals surface area contributed by atoms with Crippen molar-refractivity contribution in [3.63, 3.8) is 0 Å². The van der Waals surface area contributed by atoms with Crippen LogP contribution in [0.2, 0.25) is 0 Å². The average molecular weight is 232 g/mol. The van der Waals surface area contributed by atoms with Crippen molar-refractivity contribution in [2.75, 3.05) is 0 Å². The number of guanidine groups is 1. The van der Waals surface area contributed by atoms with Crippen LogP contribution in [-0.2, 0) is 4.79 Å². The maximum absolute atomic E-state index is 11.7. The zero-order valence-corrected chi connectivity index (χ0v) is 9.23. The van der Waals surface area contributed by atoms with Gasteiger partial charge in [0.05, 0.1) is 0 Å². The first kappa shape index (κ1) is 11.1. The van der Waals surface area contributed by atoms with Crippen LogP contribution in [0.5, 0.6) is 0 Å². The smallest absolute Gasteiger partial charge is 0.253 e. The molecule has 0 spiro atoms. The summed E-state index contributed by atoms with van der Waals surface area (Å²) in [6.07, 6.45) is -0.686. The standard InChI is InChI=1S/C11H12N4O2/c1-6(16)15(11(12)13)9-7-4-2-3-5-8(7)10(17)14-9/h2-5,9H,1H3,(H3,12,13)(H,14,17). The topological polar surface area (TPSA) is 99.3 Å². The molecule has 17 heavy (non-hydrogen) atoms. The minimum absolute atomic E-state index is 0.266. The van der Waals surface area contributed by atoms with Crippen molar-refractivity contribution in [2.24, 2.45) is 5.73 Å². The van der Waals surface area contributed by atoms with Crippen molar-refractivity contribution >= 4 is 17.8 Å². The minimum atomic E-state index is -0.686. The number of nitrogens with zero attached hydrogens (tertiary/aromatic N) is 1. The third-order valence-corrected chi connectivity index (χ3v) is 2.62. The zero-order chi connectivity index (χ0) is 12.6. The summed E-state index contributed by atoms with van der Waals surface area (Å²) in [5.74, 6) is -1.04. The van der Waals surface area contributed by atoms with E-state index in [0.717, 1.165) is 4.90 Å². The first-order valence-electron chi connectivity index (χ1n) is 5.06. The lowest BCUT2D eigenvalue weighted by atomic mass is 10.1. The van der Waals surface area contributed by atoms with E-state index in [9.17, 15) is 9.59 Å². The fourth-order valence-electron chi connectivity index (χ4n) is 1.92. The van der Waals surface area contributed by atoms with Gasteiger partial charge in [0.2, 0.25) is 5.91 Å². The van der Waals surface area contributed by atoms with Crippen LogP contribution in [0.3, 0.4) is 0 Å². The highest BCUT2D eigenvalue weighted by atomic mass is 16.2.